The van der Waals surface area contributed by atoms with Crippen LogP contribution in [0.25, 0.3) is 0 Å². The number of phenols is 1. The van der Waals surface area contributed by atoms with Crippen LogP contribution in [0.2, 0.25) is 0 Å². The quantitative estimate of drug-likeness (QED) is 0.672. The lowest BCUT2D eigenvalue weighted by Gasteiger charge is -2.43. The van der Waals surface area contributed by atoms with Gasteiger partial charge in [-0.1, -0.05) is 18.2 Å². The first-order chi connectivity index (χ1) is 13.1. The number of carbonyl (C=O) groups is 1. The second-order valence-corrected chi connectivity index (χ2v) is 8.01. The van der Waals surface area contributed by atoms with E-state index < -0.39 is 41.9 Å². The number of hydrogen-bond donors (Lipinski definition) is 2. The Balaban J connectivity index is 1.57. The molecule has 2 spiro atoms. The number of benzene rings is 2. The molecule has 134 valence electrons. The Labute approximate surface area is 152 Å². The van der Waals surface area contributed by atoms with E-state index in [4.69, 9.17) is 18.9 Å². The maximum Gasteiger partial charge on any atom is 0.268 e. The van der Waals surface area contributed by atoms with Gasteiger partial charge in [0.25, 0.3) is 5.79 Å². The van der Waals surface area contributed by atoms with E-state index in [2.05, 4.69) is 0 Å². The van der Waals surface area contributed by atoms with Crippen molar-refractivity contribution in [3.8, 4) is 11.5 Å². The Hall–Kier alpha value is -2.45. The van der Waals surface area contributed by atoms with E-state index in [0.717, 1.165) is 5.56 Å². The molecule has 7 nitrogen and oxygen atoms in total. The van der Waals surface area contributed by atoms with Gasteiger partial charge in [0.05, 0.1) is 0 Å². The van der Waals surface area contributed by atoms with E-state index >= 15 is 0 Å². The van der Waals surface area contributed by atoms with Crippen molar-refractivity contribution in [3.05, 3.63) is 58.1 Å². The van der Waals surface area contributed by atoms with Crippen LogP contribution in [-0.2, 0) is 25.6 Å². The molecule has 7 heteroatoms. The van der Waals surface area contributed by atoms with Crippen molar-refractivity contribution in [1.29, 1.82) is 0 Å². The minimum absolute atomic E-state index is 0.0184. The number of carbonyl (C=O) groups excluding carboxylic acids is 1. The second-order valence-electron chi connectivity index (χ2n) is 8.01. The van der Waals surface area contributed by atoms with Crippen molar-refractivity contribution in [2.45, 2.75) is 41.9 Å². The fraction of sp³-hybridized carbons (Fsp3) is 0.350. The third-order valence-corrected chi connectivity index (χ3v) is 6.87. The number of epoxide rings is 2. The molecular formula is C20H12O7. The van der Waals surface area contributed by atoms with Crippen molar-refractivity contribution in [1.82, 2.24) is 0 Å². The van der Waals surface area contributed by atoms with Crippen molar-refractivity contribution in [2.75, 3.05) is 0 Å². The molecule has 0 amide bonds. The fourth-order valence-corrected chi connectivity index (χ4v) is 5.78. The largest absolute Gasteiger partial charge is 0.508 e. The first kappa shape index (κ1) is 13.7. The number of aliphatic hydroxyl groups is 1. The van der Waals surface area contributed by atoms with Gasteiger partial charge in [0.1, 0.15) is 29.8 Å². The van der Waals surface area contributed by atoms with Gasteiger partial charge in [-0.05, 0) is 12.1 Å². The third kappa shape index (κ3) is 1.15. The van der Waals surface area contributed by atoms with E-state index in [1.807, 2.05) is 6.07 Å². The van der Waals surface area contributed by atoms with Gasteiger partial charge in [-0.3, -0.25) is 4.79 Å². The molecule has 2 aromatic carbocycles. The van der Waals surface area contributed by atoms with Gasteiger partial charge >= 0.3 is 0 Å². The molecule has 2 bridgehead atoms. The maximum absolute atomic E-state index is 12.7. The van der Waals surface area contributed by atoms with E-state index in [0.29, 0.717) is 28.0 Å². The molecule has 0 radical (unpaired) electrons. The molecule has 2 aliphatic carbocycles. The molecule has 6 aliphatic rings. The minimum Gasteiger partial charge on any atom is -0.508 e. The van der Waals surface area contributed by atoms with Gasteiger partial charge in [0.15, 0.2) is 23.6 Å². The number of rotatable bonds is 0. The average Bonchev–Trinajstić information content (AvgIpc) is 3.56. The molecule has 4 heterocycles. The third-order valence-electron chi connectivity index (χ3n) is 6.87. The van der Waals surface area contributed by atoms with Gasteiger partial charge in [-0.25, -0.2) is 0 Å². The van der Waals surface area contributed by atoms with Crippen LogP contribution in [0.3, 0.4) is 0 Å². The molecule has 27 heavy (non-hydrogen) atoms. The highest BCUT2D eigenvalue weighted by molar-refractivity contribution is 6.06. The normalized spacial score (nSPS) is 45.2. The van der Waals surface area contributed by atoms with E-state index in [1.54, 1.807) is 24.3 Å². The summed E-state index contributed by atoms with van der Waals surface area (Å²) in [7, 11) is 0. The van der Waals surface area contributed by atoms with E-state index in [9.17, 15) is 15.0 Å². The summed E-state index contributed by atoms with van der Waals surface area (Å²) in [6.45, 7) is 0. The summed E-state index contributed by atoms with van der Waals surface area (Å²) in [5.41, 5.74) is 1.98. The molecule has 0 saturated carbocycles. The highest BCUT2D eigenvalue weighted by atomic mass is 16.8. The summed E-state index contributed by atoms with van der Waals surface area (Å²) < 4.78 is 24.5. The Morgan fingerprint density at radius 3 is 2.81 bits per heavy atom. The molecule has 2 aromatic rings. The van der Waals surface area contributed by atoms with E-state index in [-0.39, 0.29) is 11.5 Å². The summed E-state index contributed by atoms with van der Waals surface area (Å²) >= 11 is 0. The average molecular weight is 364 g/mol. The molecule has 0 unspecified atom stereocenters. The second kappa shape index (κ2) is 3.62. The minimum atomic E-state index is -1.25. The molecule has 8 rings (SSSR count). The predicted molar refractivity (Wildman–Crippen MR) is 85.3 cm³/mol. The number of phenolic OH excluding ortho intramolecular Hbond substituents is 1. The summed E-state index contributed by atoms with van der Waals surface area (Å²) in [5, 5.41) is 21.2. The summed E-state index contributed by atoms with van der Waals surface area (Å²) in [4.78, 5) is 12.7. The lowest BCUT2D eigenvalue weighted by molar-refractivity contribution is -0.264. The number of aliphatic hydroxyl groups excluding tert-OH is 1. The van der Waals surface area contributed by atoms with Crippen LogP contribution in [0, 0.1) is 0 Å². The maximum atomic E-state index is 12.7. The first-order valence-electron chi connectivity index (χ1n) is 9.00. The highest BCUT2D eigenvalue weighted by Gasteiger charge is 2.80. The standard InChI is InChI=1S/C20H12O7/c21-8-5-4-7-12-10(8)14(23)16-18(25-16)20(12)26-9-3-1-2-6-11(9)19(7,27-20)17-15(24-17)13(6)22/h1-5,14-18,21,23H/t14-,15-,16-,17-,18-,19+,20+/m1/s1. The number of Topliss-reactive ketones (excluding diaryl/α,β-unsaturated/α-hetero) is 1. The van der Waals surface area contributed by atoms with Crippen LogP contribution in [-0.4, -0.2) is 40.4 Å². The Bertz CT molecular complexity index is 1140. The van der Waals surface area contributed by atoms with Crippen molar-refractivity contribution >= 4 is 5.78 Å². The molecule has 7 atom stereocenters. The van der Waals surface area contributed by atoms with Crippen molar-refractivity contribution in [2.24, 2.45) is 0 Å². The molecule has 2 saturated heterocycles. The van der Waals surface area contributed by atoms with Crippen molar-refractivity contribution in [3.63, 3.8) is 0 Å². The van der Waals surface area contributed by atoms with E-state index in [1.165, 1.54) is 0 Å². The summed E-state index contributed by atoms with van der Waals surface area (Å²) in [5.74, 6) is -0.774. The first-order valence-corrected chi connectivity index (χ1v) is 9.00. The topological polar surface area (TPSA) is 101 Å². The number of fused-ring (bicyclic) bond motifs is 2. The zero-order chi connectivity index (χ0) is 17.9. The molecule has 0 aromatic heterocycles. The number of ether oxygens (including phenoxy) is 4. The number of hydrogen-bond acceptors (Lipinski definition) is 7. The Morgan fingerprint density at radius 1 is 1.04 bits per heavy atom. The van der Waals surface area contributed by atoms with Gasteiger partial charge in [-0.15, -0.1) is 0 Å². The summed E-state index contributed by atoms with van der Waals surface area (Å²) in [6.07, 6.45) is -2.94. The monoisotopic (exact) mass is 364 g/mol. The molecule has 4 aliphatic heterocycles. The van der Waals surface area contributed by atoms with Crippen molar-refractivity contribution < 1.29 is 34.0 Å². The fourth-order valence-electron chi connectivity index (χ4n) is 5.78. The molecular weight excluding hydrogens is 352 g/mol. The van der Waals surface area contributed by atoms with Crippen LogP contribution < -0.4 is 4.74 Å². The van der Waals surface area contributed by atoms with Crippen LogP contribution in [0.15, 0.2) is 30.3 Å². The lowest BCUT2D eigenvalue weighted by Crippen LogP contribution is -2.52. The van der Waals surface area contributed by atoms with Gasteiger partial charge in [0.2, 0.25) is 0 Å². The lowest BCUT2D eigenvalue weighted by atomic mass is 9.72. The van der Waals surface area contributed by atoms with Gasteiger partial charge < -0.3 is 29.2 Å². The Kier molecular flexibility index (Phi) is 1.83. The summed E-state index contributed by atoms with van der Waals surface area (Å²) in [6, 6.07) is 8.72. The predicted octanol–water partition coefficient (Wildman–Crippen LogP) is 0.989. The van der Waals surface area contributed by atoms with Crippen LogP contribution >= 0.6 is 0 Å². The number of ketones is 1. The smallest absolute Gasteiger partial charge is 0.268 e. The van der Waals surface area contributed by atoms with Crippen LogP contribution in [0.1, 0.15) is 38.7 Å². The van der Waals surface area contributed by atoms with Gasteiger partial charge in [-0.2, -0.15) is 0 Å². The van der Waals surface area contributed by atoms with Crippen LogP contribution in [0.5, 0.6) is 11.5 Å². The number of aromatic hydroxyl groups is 1. The zero-order valence-electron chi connectivity index (χ0n) is 13.7. The SMILES string of the molecule is O=C1c2cccc3c2[C@]2(O[C@@]4(O3)c3c2ccc(O)c3[C@@H](O)[C@H]2O[C@H]24)[C@@H]2O[C@H]12. The zero-order valence-corrected chi connectivity index (χ0v) is 13.7. The highest BCUT2D eigenvalue weighted by Crippen LogP contribution is 2.71. The molecule has 2 N–H and O–H groups in total. The Morgan fingerprint density at radius 2 is 1.93 bits per heavy atom. The molecule has 2 fully saturated rings. The van der Waals surface area contributed by atoms with Gasteiger partial charge in [0, 0.05) is 27.8 Å². The van der Waals surface area contributed by atoms with Crippen LogP contribution in [0.4, 0.5) is 0 Å².